The van der Waals surface area contributed by atoms with Gasteiger partial charge in [0, 0.05) is 22.2 Å². The number of aromatic nitrogens is 1. The molecule has 0 radical (unpaired) electrons. The van der Waals surface area contributed by atoms with E-state index in [-0.39, 0.29) is 0 Å². The number of nitrogens with zero attached hydrogens (tertiary/aromatic N) is 2. The Bertz CT molecular complexity index is 849. The number of pyridine rings is 1. The minimum atomic E-state index is 0.619. The van der Waals surface area contributed by atoms with Gasteiger partial charge in [-0.2, -0.15) is 5.10 Å². The number of hydrogen-bond acceptors (Lipinski definition) is 4. The molecule has 0 aliphatic rings. The number of ether oxygens (including phenoxy) is 1. The Morgan fingerprint density at radius 2 is 2.09 bits per heavy atom. The lowest BCUT2D eigenvalue weighted by atomic mass is 10.2. The first-order valence-corrected chi connectivity index (χ1v) is 7.71. The van der Waals surface area contributed by atoms with Crippen molar-refractivity contribution >= 4 is 34.4 Å². The van der Waals surface area contributed by atoms with Crippen molar-refractivity contribution in [1.82, 2.24) is 4.98 Å². The molecule has 0 unspecified atom stereocenters. The van der Waals surface area contributed by atoms with Crippen LogP contribution in [-0.2, 0) is 0 Å². The summed E-state index contributed by atoms with van der Waals surface area (Å²) in [5, 5.41) is 5.94. The molecule has 0 saturated heterocycles. The highest BCUT2D eigenvalue weighted by atomic mass is 35.5. The number of rotatable bonds is 5. The molecule has 3 aromatic rings. The van der Waals surface area contributed by atoms with Gasteiger partial charge in [0.15, 0.2) is 0 Å². The maximum Gasteiger partial charge on any atom is 0.128 e. The molecule has 1 N–H and O–H groups in total. The van der Waals surface area contributed by atoms with E-state index >= 15 is 0 Å². The third kappa shape index (κ3) is 3.60. The quantitative estimate of drug-likeness (QED) is 0.544. The van der Waals surface area contributed by atoms with Crippen molar-refractivity contribution < 1.29 is 4.74 Å². The Labute approximate surface area is 139 Å². The Kier molecular flexibility index (Phi) is 4.74. The number of hydrogen-bond donors (Lipinski definition) is 1. The van der Waals surface area contributed by atoms with Gasteiger partial charge in [-0.05, 0) is 43.3 Å². The van der Waals surface area contributed by atoms with Gasteiger partial charge in [0.2, 0.25) is 0 Å². The summed E-state index contributed by atoms with van der Waals surface area (Å²) in [5.74, 6) is 0.812. The molecule has 0 saturated carbocycles. The largest absolute Gasteiger partial charge is 0.493 e. The van der Waals surface area contributed by atoms with E-state index < -0.39 is 0 Å². The van der Waals surface area contributed by atoms with E-state index in [0.717, 1.165) is 27.9 Å². The van der Waals surface area contributed by atoms with Gasteiger partial charge in [-0.15, -0.1) is 0 Å². The van der Waals surface area contributed by atoms with Crippen LogP contribution in [0.5, 0.6) is 5.75 Å². The number of para-hydroxylation sites is 1. The average molecular weight is 326 g/mol. The molecule has 23 heavy (non-hydrogen) atoms. The molecular formula is C18H16ClN3O. The first kappa shape index (κ1) is 15.3. The molecule has 0 atom stereocenters. The molecule has 0 aliphatic carbocycles. The fourth-order valence-corrected chi connectivity index (χ4v) is 2.43. The van der Waals surface area contributed by atoms with Crippen LogP contribution in [-0.4, -0.2) is 17.8 Å². The summed E-state index contributed by atoms with van der Waals surface area (Å²) in [7, 11) is 0. The lowest BCUT2D eigenvalue weighted by molar-refractivity contribution is 0.340. The topological polar surface area (TPSA) is 46.5 Å². The minimum absolute atomic E-state index is 0.619. The summed E-state index contributed by atoms with van der Waals surface area (Å²) in [4.78, 5) is 4.31. The van der Waals surface area contributed by atoms with Crippen molar-refractivity contribution in [3.8, 4) is 5.75 Å². The molecule has 2 aromatic carbocycles. The van der Waals surface area contributed by atoms with Gasteiger partial charge in [0.1, 0.15) is 5.75 Å². The van der Waals surface area contributed by atoms with Crippen molar-refractivity contribution in [3.05, 3.63) is 65.3 Å². The van der Waals surface area contributed by atoms with E-state index in [2.05, 4.69) is 15.5 Å². The zero-order valence-electron chi connectivity index (χ0n) is 12.7. The predicted molar refractivity (Wildman–Crippen MR) is 95.6 cm³/mol. The van der Waals surface area contributed by atoms with E-state index in [9.17, 15) is 0 Å². The lowest BCUT2D eigenvalue weighted by Crippen LogP contribution is -1.97. The molecule has 5 heteroatoms. The number of nitrogens with one attached hydrogen (secondary N) is 1. The first-order valence-electron chi connectivity index (χ1n) is 7.33. The van der Waals surface area contributed by atoms with Crippen molar-refractivity contribution in [3.63, 3.8) is 0 Å². The van der Waals surface area contributed by atoms with Crippen LogP contribution in [0.3, 0.4) is 0 Å². The van der Waals surface area contributed by atoms with Crippen LogP contribution < -0.4 is 10.2 Å². The highest BCUT2D eigenvalue weighted by Gasteiger charge is 2.02. The molecule has 3 rings (SSSR count). The maximum atomic E-state index is 6.00. The smallest absolute Gasteiger partial charge is 0.128 e. The molecule has 0 spiro atoms. The van der Waals surface area contributed by atoms with Gasteiger partial charge < -0.3 is 4.74 Å². The van der Waals surface area contributed by atoms with E-state index in [4.69, 9.17) is 16.3 Å². The number of anilines is 1. The van der Waals surface area contributed by atoms with Crippen LogP contribution in [0.4, 0.5) is 5.69 Å². The minimum Gasteiger partial charge on any atom is -0.493 e. The Hall–Kier alpha value is -2.59. The fraction of sp³-hybridized carbons (Fsp3) is 0.111. The van der Waals surface area contributed by atoms with Crippen LogP contribution in [0, 0.1) is 0 Å². The molecule has 116 valence electrons. The Morgan fingerprint density at radius 1 is 1.22 bits per heavy atom. The average Bonchev–Trinajstić information content (AvgIpc) is 2.56. The van der Waals surface area contributed by atoms with Gasteiger partial charge in [0.05, 0.1) is 24.0 Å². The predicted octanol–water partition coefficient (Wildman–Crippen LogP) is 4.73. The first-order chi connectivity index (χ1) is 11.3. The van der Waals surface area contributed by atoms with Crippen LogP contribution in [0.15, 0.2) is 59.8 Å². The van der Waals surface area contributed by atoms with Gasteiger partial charge in [-0.3, -0.25) is 10.4 Å². The Balaban J connectivity index is 1.84. The summed E-state index contributed by atoms with van der Waals surface area (Å²) in [6, 6.07) is 15.2. The van der Waals surface area contributed by atoms with Gasteiger partial charge in [-0.1, -0.05) is 23.7 Å². The van der Waals surface area contributed by atoms with E-state index in [1.54, 1.807) is 12.4 Å². The normalized spacial score (nSPS) is 11.0. The van der Waals surface area contributed by atoms with Crippen molar-refractivity contribution in [2.75, 3.05) is 12.0 Å². The van der Waals surface area contributed by atoms with Gasteiger partial charge >= 0.3 is 0 Å². The number of halogens is 1. The second-order valence-corrected chi connectivity index (χ2v) is 5.30. The molecule has 1 heterocycles. The van der Waals surface area contributed by atoms with Crippen molar-refractivity contribution in [1.29, 1.82) is 0 Å². The second-order valence-electron chi connectivity index (χ2n) is 4.86. The van der Waals surface area contributed by atoms with E-state index in [1.165, 1.54) is 0 Å². The molecule has 0 amide bonds. The molecule has 0 aliphatic heterocycles. The monoisotopic (exact) mass is 325 g/mol. The standard InChI is InChI=1S/C18H16ClN3O/c1-2-23-18-6-4-3-5-13(18)12-21-22-16-9-10-20-17-11-14(19)7-8-15(16)17/h3-12H,2H2,1H3,(H,20,22)/b21-12+. The third-order valence-corrected chi connectivity index (χ3v) is 3.55. The number of hydrazone groups is 1. The summed E-state index contributed by atoms with van der Waals surface area (Å²) >= 11 is 6.00. The van der Waals surface area contributed by atoms with E-state index in [1.807, 2.05) is 55.5 Å². The van der Waals surface area contributed by atoms with Crippen LogP contribution >= 0.6 is 11.6 Å². The summed E-state index contributed by atoms with van der Waals surface area (Å²) < 4.78 is 5.58. The van der Waals surface area contributed by atoms with Gasteiger partial charge in [-0.25, -0.2) is 0 Å². The third-order valence-electron chi connectivity index (χ3n) is 3.31. The zero-order valence-corrected chi connectivity index (χ0v) is 13.4. The molecular weight excluding hydrogens is 310 g/mol. The van der Waals surface area contributed by atoms with Crippen molar-refractivity contribution in [2.24, 2.45) is 5.10 Å². The summed E-state index contributed by atoms with van der Waals surface area (Å²) in [6.45, 7) is 2.58. The number of benzene rings is 2. The zero-order chi connectivity index (χ0) is 16.1. The van der Waals surface area contributed by atoms with Crippen LogP contribution in [0.2, 0.25) is 5.02 Å². The van der Waals surface area contributed by atoms with E-state index in [0.29, 0.717) is 11.6 Å². The second kappa shape index (κ2) is 7.11. The van der Waals surface area contributed by atoms with Gasteiger partial charge in [0.25, 0.3) is 0 Å². The molecule has 4 nitrogen and oxygen atoms in total. The highest BCUT2D eigenvalue weighted by Crippen LogP contribution is 2.24. The van der Waals surface area contributed by atoms with Crippen LogP contribution in [0.1, 0.15) is 12.5 Å². The molecule has 0 fully saturated rings. The maximum absolute atomic E-state index is 6.00. The Morgan fingerprint density at radius 3 is 2.96 bits per heavy atom. The molecule has 0 bridgehead atoms. The molecule has 1 aromatic heterocycles. The lowest BCUT2D eigenvalue weighted by Gasteiger charge is -2.07. The number of fused-ring (bicyclic) bond motifs is 1. The van der Waals surface area contributed by atoms with Crippen molar-refractivity contribution in [2.45, 2.75) is 6.92 Å². The fourth-order valence-electron chi connectivity index (χ4n) is 2.26. The summed E-state index contributed by atoms with van der Waals surface area (Å²) in [5.41, 5.74) is 5.67. The van der Waals surface area contributed by atoms with Crippen LogP contribution in [0.25, 0.3) is 10.9 Å². The SMILES string of the molecule is CCOc1ccccc1/C=N/Nc1ccnc2cc(Cl)ccc12. The summed E-state index contributed by atoms with van der Waals surface area (Å²) in [6.07, 6.45) is 3.47. The highest BCUT2D eigenvalue weighted by molar-refractivity contribution is 6.31.